The molecule has 11 atom stereocenters. The van der Waals surface area contributed by atoms with Crippen LogP contribution in [0.2, 0.25) is 0 Å². The third kappa shape index (κ3) is 8.66. The van der Waals surface area contributed by atoms with Crippen molar-refractivity contribution in [2.45, 2.75) is 148 Å². The third-order valence-corrected chi connectivity index (χ3v) is 12.5. The normalized spacial score (nSPS) is 32.4. The molecule has 2 amide bonds. The number of aliphatic hydroxyl groups excluding tert-OH is 2. The van der Waals surface area contributed by atoms with Crippen molar-refractivity contribution in [3.8, 4) is 0 Å². The standard InChI is InChI=1S/C44H60N2O15/c1-12-45-38(53)58-32-30-23(4)27(57-37(52)31(49)26(18-22(2)3)46-39(54)61-40(6,7)8)20-44(55,41(30,9)10)35(59-36(51)25-16-14-13-15-17-25)33-42(11,34(32)50)28(48)19-29-43(33,21-56-29)60-24(5)47/h13-18,26-29,31-33,35,48-49,55H,12,19-21H2,1-11H3,(H,45,53)(H,46,54)/t26-,27-,28-,29+,31+,32+,33-,35-,42+,43-,44+/m0/s1. The van der Waals surface area contributed by atoms with E-state index < -0.39 is 119 Å². The molecule has 0 unspecified atom stereocenters. The lowest BCUT2D eigenvalue weighted by Crippen LogP contribution is -2.82. The number of allylic oxidation sites excluding steroid dienone is 1. The van der Waals surface area contributed by atoms with Crippen LogP contribution in [0, 0.1) is 16.7 Å². The Morgan fingerprint density at radius 1 is 1.00 bits per heavy atom. The Morgan fingerprint density at radius 2 is 1.64 bits per heavy atom. The van der Waals surface area contributed by atoms with E-state index in [2.05, 4.69) is 10.6 Å². The molecule has 2 saturated carbocycles. The number of hydrogen-bond donors (Lipinski definition) is 5. The van der Waals surface area contributed by atoms with Gasteiger partial charge < -0.3 is 54.4 Å². The maximum Gasteiger partial charge on any atom is 0.408 e. The van der Waals surface area contributed by atoms with Gasteiger partial charge in [0, 0.05) is 31.7 Å². The molecule has 17 heteroatoms. The predicted molar refractivity (Wildman–Crippen MR) is 216 cm³/mol. The van der Waals surface area contributed by atoms with E-state index in [0.29, 0.717) is 5.57 Å². The molecule has 17 nitrogen and oxygen atoms in total. The Hall–Kier alpha value is -4.84. The van der Waals surface area contributed by atoms with Gasteiger partial charge in [0.2, 0.25) is 0 Å². The first-order valence-electron chi connectivity index (χ1n) is 20.5. The highest BCUT2D eigenvalue weighted by atomic mass is 16.6. The average molecular weight is 857 g/mol. The summed E-state index contributed by atoms with van der Waals surface area (Å²) in [6.45, 7) is 16.8. The quantitative estimate of drug-likeness (QED) is 0.128. The Morgan fingerprint density at radius 3 is 2.18 bits per heavy atom. The average Bonchev–Trinajstić information content (AvgIpc) is 3.14. The zero-order valence-corrected chi connectivity index (χ0v) is 36.7. The lowest BCUT2D eigenvalue weighted by atomic mass is 9.44. The van der Waals surface area contributed by atoms with E-state index >= 15 is 4.79 Å². The highest BCUT2D eigenvalue weighted by Gasteiger charge is 2.78. The van der Waals surface area contributed by atoms with Crippen LogP contribution in [0.5, 0.6) is 0 Å². The molecular weight excluding hydrogens is 796 g/mol. The van der Waals surface area contributed by atoms with E-state index in [-0.39, 0.29) is 36.3 Å². The zero-order valence-electron chi connectivity index (χ0n) is 36.7. The molecule has 0 radical (unpaired) electrons. The summed E-state index contributed by atoms with van der Waals surface area (Å²) in [6.07, 6.45) is -11.2. The van der Waals surface area contributed by atoms with E-state index in [0.717, 1.165) is 6.92 Å². The van der Waals surface area contributed by atoms with Crippen LogP contribution in [0.4, 0.5) is 9.59 Å². The van der Waals surface area contributed by atoms with Gasteiger partial charge in [-0.3, -0.25) is 9.59 Å². The van der Waals surface area contributed by atoms with Crippen LogP contribution in [-0.2, 0) is 42.8 Å². The van der Waals surface area contributed by atoms with Crippen LogP contribution in [0.1, 0.15) is 99.4 Å². The smallest absolute Gasteiger partial charge is 0.408 e. The molecular formula is C44H60N2O15. The number of hydrogen-bond acceptors (Lipinski definition) is 15. The second kappa shape index (κ2) is 17.1. The number of aliphatic hydroxyl groups is 3. The number of ether oxygens (including phenoxy) is 6. The molecule has 336 valence electrons. The van der Waals surface area contributed by atoms with Crippen LogP contribution in [0.25, 0.3) is 0 Å². The van der Waals surface area contributed by atoms with Gasteiger partial charge in [0.15, 0.2) is 23.6 Å². The number of carbonyl (C=O) groups is 6. The highest BCUT2D eigenvalue weighted by molar-refractivity contribution is 5.95. The van der Waals surface area contributed by atoms with E-state index in [4.69, 9.17) is 28.4 Å². The SMILES string of the molecule is CCNC(=O)O[C@H]1C(=O)[C@@]2(C)[C@H]([C@H](OC(=O)c3ccccc3)[C@]3(O)C[C@H](OC(=O)[C@H](O)[C@H](C=C(C)C)NC(=O)OC(C)(C)C)C(C)=C1C3(C)C)[C@]1(OC(C)=O)CO[C@@H]1C[C@@H]2O. The number of carbonyl (C=O) groups excluding carboxylic acids is 6. The number of ketones is 1. The van der Waals surface area contributed by atoms with Crippen LogP contribution in [0.15, 0.2) is 53.1 Å². The number of alkyl carbamates (subject to hydrolysis) is 2. The lowest BCUT2D eigenvalue weighted by Gasteiger charge is -2.67. The molecule has 1 aliphatic heterocycles. The number of fused-ring (bicyclic) bond motifs is 5. The van der Waals surface area contributed by atoms with Crippen molar-refractivity contribution in [1.29, 1.82) is 0 Å². The van der Waals surface area contributed by atoms with Gasteiger partial charge in [-0.25, -0.2) is 19.2 Å². The minimum Gasteiger partial charge on any atom is -0.456 e. The largest absolute Gasteiger partial charge is 0.456 e. The first-order valence-corrected chi connectivity index (χ1v) is 20.5. The molecule has 0 spiro atoms. The Labute approximate surface area is 355 Å². The predicted octanol–water partition coefficient (Wildman–Crippen LogP) is 3.61. The van der Waals surface area contributed by atoms with Gasteiger partial charge in [0.25, 0.3) is 0 Å². The van der Waals surface area contributed by atoms with Crippen LogP contribution >= 0.6 is 0 Å². The maximum absolute atomic E-state index is 15.6. The van der Waals surface area contributed by atoms with E-state index in [9.17, 15) is 39.3 Å². The van der Waals surface area contributed by atoms with E-state index in [1.165, 1.54) is 32.1 Å². The fourth-order valence-corrected chi connectivity index (χ4v) is 9.52. The van der Waals surface area contributed by atoms with Gasteiger partial charge in [0.1, 0.15) is 29.5 Å². The molecule has 1 aromatic carbocycles. The molecule has 3 fully saturated rings. The second-order valence-corrected chi connectivity index (χ2v) is 18.4. The molecule has 3 aliphatic carbocycles. The summed E-state index contributed by atoms with van der Waals surface area (Å²) in [4.78, 5) is 83.1. The molecule has 1 heterocycles. The molecule has 4 aliphatic rings. The summed E-state index contributed by atoms with van der Waals surface area (Å²) < 4.78 is 35.6. The highest BCUT2D eigenvalue weighted by Crippen LogP contribution is 2.64. The Kier molecular flexibility index (Phi) is 13.3. The summed E-state index contributed by atoms with van der Waals surface area (Å²) >= 11 is 0. The summed E-state index contributed by atoms with van der Waals surface area (Å²) in [5, 5.41) is 42.2. The second-order valence-electron chi connectivity index (χ2n) is 18.4. The monoisotopic (exact) mass is 856 g/mol. The summed E-state index contributed by atoms with van der Waals surface area (Å²) in [5.74, 6) is -5.44. The van der Waals surface area contributed by atoms with Crippen molar-refractivity contribution < 1.29 is 72.5 Å². The van der Waals surface area contributed by atoms with Crippen molar-refractivity contribution in [2.24, 2.45) is 16.7 Å². The van der Waals surface area contributed by atoms with Crippen LogP contribution in [-0.4, -0.2) is 124 Å². The summed E-state index contributed by atoms with van der Waals surface area (Å²) in [7, 11) is 0. The first-order chi connectivity index (χ1) is 28.2. The molecule has 0 aromatic heterocycles. The molecule has 61 heavy (non-hydrogen) atoms. The number of benzene rings is 1. The molecule has 2 bridgehead atoms. The fourth-order valence-electron chi connectivity index (χ4n) is 9.52. The number of rotatable bonds is 10. The van der Waals surface area contributed by atoms with Crippen LogP contribution in [0.3, 0.4) is 0 Å². The summed E-state index contributed by atoms with van der Waals surface area (Å²) in [5.41, 5.74) is -8.07. The molecule has 5 N–H and O–H groups in total. The maximum atomic E-state index is 15.6. The Bertz CT molecular complexity index is 1970. The van der Waals surface area contributed by atoms with E-state index in [1.54, 1.807) is 73.6 Å². The summed E-state index contributed by atoms with van der Waals surface area (Å²) in [6, 6.07) is 6.46. The van der Waals surface area contributed by atoms with Crippen LogP contribution < -0.4 is 10.6 Å². The van der Waals surface area contributed by atoms with Gasteiger partial charge >= 0.3 is 30.1 Å². The third-order valence-electron chi connectivity index (χ3n) is 12.5. The number of Topliss-reactive ketones (excluding diaryl/α,β-unsaturated/α-hetero) is 1. The topological polar surface area (TPSA) is 243 Å². The van der Waals surface area contributed by atoms with Gasteiger partial charge in [-0.15, -0.1) is 0 Å². The molecule has 1 aromatic rings. The first kappa shape index (κ1) is 47.2. The van der Waals surface area contributed by atoms with Gasteiger partial charge in [0.05, 0.1) is 35.6 Å². The number of nitrogens with one attached hydrogen (secondary N) is 2. The van der Waals surface area contributed by atoms with Crippen molar-refractivity contribution in [3.63, 3.8) is 0 Å². The number of amides is 2. The molecule has 5 rings (SSSR count). The minimum atomic E-state index is -2.41. The Balaban J connectivity index is 1.75. The van der Waals surface area contributed by atoms with Gasteiger partial charge in [-0.2, -0.15) is 0 Å². The van der Waals surface area contributed by atoms with E-state index in [1.807, 2.05) is 0 Å². The zero-order chi connectivity index (χ0) is 45.6. The van der Waals surface area contributed by atoms with Gasteiger partial charge in [-0.05, 0) is 78.7 Å². The minimum absolute atomic E-state index is 0.0290. The van der Waals surface area contributed by atoms with Crippen molar-refractivity contribution in [2.75, 3.05) is 13.2 Å². The molecule has 1 saturated heterocycles. The lowest BCUT2D eigenvalue weighted by molar-refractivity contribution is -0.345. The van der Waals surface area contributed by atoms with Crippen molar-refractivity contribution in [3.05, 3.63) is 58.7 Å². The fraction of sp³-hybridized carbons (Fsp3) is 0.636. The van der Waals surface area contributed by atoms with Gasteiger partial charge in [-0.1, -0.05) is 43.7 Å². The van der Waals surface area contributed by atoms with Crippen molar-refractivity contribution >= 4 is 35.9 Å². The van der Waals surface area contributed by atoms with Crippen molar-refractivity contribution in [1.82, 2.24) is 10.6 Å². The number of esters is 3.